The molecule has 0 bridgehead atoms. The SMILES string of the molecule is COCCN(CC(=O)N(Cc1cccn1Cc1ccccc1Cl)C1CCCCC1)C(=O)c1cc(OC)cc(OC)c1. The van der Waals surface area contributed by atoms with Gasteiger partial charge in [0.2, 0.25) is 5.91 Å². The molecule has 1 heterocycles. The summed E-state index contributed by atoms with van der Waals surface area (Å²) in [5.41, 5.74) is 2.44. The molecule has 0 N–H and O–H groups in total. The highest BCUT2D eigenvalue weighted by atomic mass is 35.5. The second-order valence-corrected chi connectivity index (χ2v) is 10.8. The van der Waals surface area contributed by atoms with Crippen molar-refractivity contribution in [3.8, 4) is 11.5 Å². The Labute approximate surface area is 247 Å². The normalized spacial score (nSPS) is 13.6. The summed E-state index contributed by atoms with van der Waals surface area (Å²) in [5.74, 6) is 0.655. The lowest BCUT2D eigenvalue weighted by atomic mass is 9.94. The summed E-state index contributed by atoms with van der Waals surface area (Å²) in [7, 11) is 4.66. The molecule has 0 atom stereocenters. The zero-order valence-corrected chi connectivity index (χ0v) is 24.9. The minimum absolute atomic E-state index is 0.0521. The molecule has 2 aromatic carbocycles. The summed E-state index contributed by atoms with van der Waals surface area (Å²) in [6.45, 7) is 1.61. The van der Waals surface area contributed by atoms with Gasteiger partial charge in [-0.15, -0.1) is 0 Å². The molecular weight excluding hydrogens is 542 g/mol. The summed E-state index contributed by atoms with van der Waals surface area (Å²) in [5, 5.41) is 0.717. The van der Waals surface area contributed by atoms with Crippen molar-refractivity contribution in [2.24, 2.45) is 0 Å². The molecule has 1 saturated carbocycles. The second-order valence-electron chi connectivity index (χ2n) is 10.4. The minimum atomic E-state index is -0.279. The third kappa shape index (κ3) is 8.05. The Balaban J connectivity index is 1.58. The van der Waals surface area contributed by atoms with Crippen molar-refractivity contribution in [1.82, 2.24) is 14.4 Å². The topological polar surface area (TPSA) is 73.2 Å². The van der Waals surface area contributed by atoms with Crippen LogP contribution < -0.4 is 9.47 Å². The average Bonchev–Trinajstić information content (AvgIpc) is 3.45. The fourth-order valence-electron chi connectivity index (χ4n) is 5.37. The van der Waals surface area contributed by atoms with Gasteiger partial charge in [0.15, 0.2) is 0 Å². The molecule has 1 aromatic heterocycles. The van der Waals surface area contributed by atoms with E-state index in [9.17, 15) is 9.59 Å². The smallest absolute Gasteiger partial charge is 0.254 e. The first-order valence-electron chi connectivity index (χ1n) is 14.1. The number of rotatable bonds is 13. The predicted molar refractivity (Wildman–Crippen MR) is 160 cm³/mol. The molecule has 41 heavy (non-hydrogen) atoms. The van der Waals surface area contributed by atoms with Crippen molar-refractivity contribution >= 4 is 23.4 Å². The highest BCUT2D eigenvalue weighted by molar-refractivity contribution is 6.31. The number of ether oxygens (including phenoxy) is 3. The van der Waals surface area contributed by atoms with Crippen LogP contribution >= 0.6 is 11.6 Å². The Morgan fingerprint density at radius 2 is 1.66 bits per heavy atom. The molecule has 0 saturated heterocycles. The predicted octanol–water partition coefficient (Wildman–Crippen LogP) is 5.66. The molecule has 1 fully saturated rings. The van der Waals surface area contributed by atoms with Gasteiger partial charge in [-0.2, -0.15) is 0 Å². The summed E-state index contributed by atoms with van der Waals surface area (Å²) in [6.07, 6.45) is 7.28. The third-order valence-electron chi connectivity index (χ3n) is 7.67. The van der Waals surface area contributed by atoms with Gasteiger partial charge in [-0.05, 0) is 48.7 Å². The van der Waals surface area contributed by atoms with E-state index in [-0.39, 0.29) is 30.9 Å². The zero-order chi connectivity index (χ0) is 29.2. The first-order valence-corrected chi connectivity index (χ1v) is 14.5. The third-order valence-corrected chi connectivity index (χ3v) is 8.04. The van der Waals surface area contributed by atoms with E-state index in [1.807, 2.05) is 41.4 Å². The molecular formula is C32H40ClN3O5. The van der Waals surface area contributed by atoms with E-state index in [2.05, 4.69) is 10.6 Å². The van der Waals surface area contributed by atoms with Gasteiger partial charge < -0.3 is 28.6 Å². The molecule has 0 spiro atoms. The maximum atomic E-state index is 14.1. The quantitative estimate of drug-likeness (QED) is 0.260. The Morgan fingerprint density at radius 1 is 0.951 bits per heavy atom. The Hall–Kier alpha value is -3.49. The van der Waals surface area contributed by atoms with E-state index in [0.717, 1.165) is 36.9 Å². The largest absolute Gasteiger partial charge is 0.497 e. The molecule has 2 amide bonds. The van der Waals surface area contributed by atoms with Crippen molar-refractivity contribution in [3.05, 3.63) is 82.6 Å². The van der Waals surface area contributed by atoms with E-state index < -0.39 is 0 Å². The van der Waals surface area contributed by atoms with Gasteiger partial charge >= 0.3 is 0 Å². The molecule has 3 aromatic rings. The van der Waals surface area contributed by atoms with Crippen LogP contribution in [0.3, 0.4) is 0 Å². The van der Waals surface area contributed by atoms with Crippen LogP contribution in [0.5, 0.6) is 11.5 Å². The lowest BCUT2D eigenvalue weighted by Crippen LogP contribution is -2.48. The first kappa shape index (κ1) is 30.5. The van der Waals surface area contributed by atoms with Crippen LogP contribution in [-0.4, -0.2) is 73.2 Å². The molecule has 0 aliphatic heterocycles. The summed E-state index contributed by atoms with van der Waals surface area (Å²) in [4.78, 5) is 31.3. The van der Waals surface area contributed by atoms with Crippen molar-refractivity contribution in [1.29, 1.82) is 0 Å². The van der Waals surface area contributed by atoms with Crippen LogP contribution in [0.15, 0.2) is 60.8 Å². The first-order chi connectivity index (χ1) is 19.9. The Bertz CT molecular complexity index is 1280. The van der Waals surface area contributed by atoms with Crippen LogP contribution in [-0.2, 0) is 22.6 Å². The number of nitrogens with zero attached hydrogens (tertiary/aromatic N) is 3. The fourth-order valence-corrected chi connectivity index (χ4v) is 5.56. The molecule has 8 nitrogen and oxygen atoms in total. The lowest BCUT2D eigenvalue weighted by molar-refractivity contribution is -0.135. The summed E-state index contributed by atoms with van der Waals surface area (Å²) >= 11 is 6.45. The van der Waals surface area contributed by atoms with Gasteiger partial charge in [0.05, 0.1) is 27.4 Å². The van der Waals surface area contributed by atoms with Crippen LogP contribution in [0.2, 0.25) is 5.02 Å². The standard InChI is InChI=1S/C32H40ClN3O5/c1-39-17-16-35(32(38)25-18-28(40-2)20-29(19-25)41-3)23-31(37)36(26-11-5-4-6-12-26)22-27-13-9-15-34(27)21-24-10-7-8-14-30(24)33/h7-10,13-15,18-20,26H,4-6,11-12,16-17,21-23H2,1-3H3. The van der Waals surface area contributed by atoms with E-state index in [1.165, 1.54) is 6.42 Å². The maximum Gasteiger partial charge on any atom is 0.254 e. The molecule has 220 valence electrons. The fraction of sp³-hybridized carbons (Fsp3) is 0.438. The van der Waals surface area contributed by atoms with Gasteiger partial charge in [0, 0.05) is 54.8 Å². The van der Waals surface area contributed by atoms with E-state index in [0.29, 0.717) is 41.8 Å². The van der Waals surface area contributed by atoms with Gasteiger partial charge in [-0.25, -0.2) is 0 Å². The van der Waals surface area contributed by atoms with Crippen LogP contribution in [0, 0.1) is 0 Å². The van der Waals surface area contributed by atoms with Crippen molar-refractivity contribution in [3.63, 3.8) is 0 Å². The van der Waals surface area contributed by atoms with Gasteiger partial charge in [0.25, 0.3) is 5.91 Å². The van der Waals surface area contributed by atoms with Crippen molar-refractivity contribution in [2.75, 3.05) is 41.0 Å². The second kappa shape index (κ2) is 14.9. The highest BCUT2D eigenvalue weighted by Crippen LogP contribution is 2.27. The monoisotopic (exact) mass is 581 g/mol. The number of hydrogen-bond acceptors (Lipinski definition) is 5. The number of aromatic nitrogens is 1. The number of carbonyl (C=O) groups excluding carboxylic acids is 2. The molecule has 0 radical (unpaired) electrons. The zero-order valence-electron chi connectivity index (χ0n) is 24.2. The summed E-state index contributed by atoms with van der Waals surface area (Å²) < 4.78 is 18.2. The molecule has 4 rings (SSSR count). The van der Waals surface area contributed by atoms with Crippen molar-refractivity contribution < 1.29 is 23.8 Å². The maximum absolute atomic E-state index is 14.1. The number of halogens is 1. The average molecular weight is 582 g/mol. The van der Waals surface area contributed by atoms with Gasteiger partial charge in [0.1, 0.15) is 18.0 Å². The number of amides is 2. The number of hydrogen-bond donors (Lipinski definition) is 0. The van der Waals surface area contributed by atoms with Gasteiger partial charge in [-0.3, -0.25) is 9.59 Å². The summed E-state index contributed by atoms with van der Waals surface area (Å²) in [6, 6.07) is 17.0. The Morgan fingerprint density at radius 3 is 2.32 bits per heavy atom. The molecule has 0 unspecified atom stereocenters. The lowest BCUT2D eigenvalue weighted by Gasteiger charge is -2.36. The molecule has 1 aliphatic rings. The Kier molecular flexibility index (Phi) is 11.1. The van der Waals surface area contributed by atoms with Gasteiger partial charge in [-0.1, -0.05) is 49.1 Å². The highest BCUT2D eigenvalue weighted by Gasteiger charge is 2.29. The molecule has 9 heteroatoms. The number of methoxy groups -OCH3 is 3. The van der Waals surface area contributed by atoms with Crippen LogP contribution in [0.25, 0.3) is 0 Å². The number of carbonyl (C=O) groups is 2. The van der Waals surface area contributed by atoms with E-state index in [1.54, 1.807) is 44.4 Å². The van der Waals surface area contributed by atoms with Crippen LogP contribution in [0.1, 0.15) is 53.7 Å². The minimum Gasteiger partial charge on any atom is -0.497 e. The van der Waals surface area contributed by atoms with E-state index in [4.69, 9.17) is 25.8 Å². The molecule has 1 aliphatic carbocycles. The van der Waals surface area contributed by atoms with Crippen LogP contribution in [0.4, 0.5) is 0 Å². The van der Waals surface area contributed by atoms with E-state index >= 15 is 0 Å². The number of benzene rings is 2. The van der Waals surface area contributed by atoms with Crippen molar-refractivity contribution in [2.45, 2.75) is 51.2 Å².